The van der Waals surface area contributed by atoms with Crippen LogP contribution in [0.4, 0.5) is 4.79 Å². The minimum Gasteiger partial charge on any atom is -0.494 e. The molecule has 0 N–H and O–H groups in total. The van der Waals surface area contributed by atoms with E-state index in [0.29, 0.717) is 32.5 Å². The molecule has 4 rings (SSSR count). The van der Waals surface area contributed by atoms with Crippen molar-refractivity contribution in [1.82, 2.24) is 24.5 Å². The van der Waals surface area contributed by atoms with Crippen LogP contribution in [0.15, 0.2) is 36.7 Å². The molecule has 0 saturated carbocycles. The van der Waals surface area contributed by atoms with Crippen LogP contribution >= 0.6 is 0 Å². The maximum Gasteiger partial charge on any atom is 0.327 e. The van der Waals surface area contributed by atoms with Gasteiger partial charge in [0.1, 0.15) is 17.0 Å². The predicted molar refractivity (Wildman–Crippen MR) is 128 cm³/mol. The Morgan fingerprint density at radius 2 is 1.85 bits per heavy atom. The van der Waals surface area contributed by atoms with E-state index in [4.69, 9.17) is 9.47 Å². The second kappa shape index (κ2) is 10.1. The Labute approximate surface area is 201 Å². The standard InChI is InChI=1S/C25H35N5O4/c1-19(2)16-28-23(31)25(29(24(28)32)13-14-33-3)9-11-27(12-10-25)17-20-15-26-30(18-20)21-7-5-6-8-22(21)34-4/h5-8,15,18-19H,9-14,16-17H2,1-4H3. The van der Waals surface area contributed by atoms with Gasteiger partial charge in [-0.1, -0.05) is 26.0 Å². The van der Waals surface area contributed by atoms with Crippen molar-refractivity contribution in [1.29, 1.82) is 0 Å². The van der Waals surface area contributed by atoms with Crippen molar-refractivity contribution in [3.8, 4) is 11.4 Å². The first kappa shape index (κ1) is 24.2. The van der Waals surface area contributed by atoms with E-state index in [-0.39, 0.29) is 17.9 Å². The van der Waals surface area contributed by atoms with E-state index in [1.165, 1.54) is 4.90 Å². The van der Waals surface area contributed by atoms with Crippen LogP contribution < -0.4 is 4.74 Å². The lowest BCUT2D eigenvalue weighted by atomic mass is 9.85. The van der Waals surface area contributed by atoms with Gasteiger partial charge in [-0.15, -0.1) is 0 Å². The molecule has 1 aromatic heterocycles. The molecule has 2 aliphatic rings. The molecule has 1 spiro atoms. The van der Waals surface area contributed by atoms with E-state index >= 15 is 0 Å². The Morgan fingerprint density at radius 1 is 1.12 bits per heavy atom. The second-order valence-corrected chi connectivity index (χ2v) is 9.51. The van der Waals surface area contributed by atoms with Gasteiger partial charge < -0.3 is 14.4 Å². The fourth-order valence-electron chi connectivity index (χ4n) is 5.02. The van der Waals surface area contributed by atoms with Crippen LogP contribution in [0.2, 0.25) is 0 Å². The van der Waals surface area contributed by atoms with Gasteiger partial charge in [0.05, 0.1) is 19.9 Å². The molecule has 9 nitrogen and oxygen atoms in total. The minimum atomic E-state index is -0.761. The summed E-state index contributed by atoms with van der Waals surface area (Å²) in [5.41, 5.74) is 1.22. The molecule has 3 heterocycles. The van der Waals surface area contributed by atoms with Crippen molar-refractivity contribution >= 4 is 11.9 Å². The Kier molecular flexibility index (Phi) is 7.23. The summed E-state index contributed by atoms with van der Waals surface area (Å²) in [5.74, 6) is 0.946. The van der Waals surface area contributed by atoms with Crippen LogP contribution in [0.3, 0.4) is 0 Å². The number of imide groups is 1. The average Bonchev–Trinajstić information content (AvgIpc) is 3.37. The number of carbonyl (C=O) groups excluding carboxylic acids is 2. The highest BCUT2D eigenvalue weighted by Gasteiger charge is 2.57. The number of hydrogen-bond donors (Lipinski definition) is 0. The monoisotopic (exact) mass is 469 g/mol. The van der Waals surface area contributed by atoms with Crippen LogP contribution in [-0.2, 0) is 16.1 Å². The van der Waals surface area contributed by atoms with Crippen LogP contribution in [-0.4, -0.2) is 89.0 Å². The number of rotatable bonds is 9. The van der Waals surface area contributed by atoms with E-state index in [1.807, 2.05) is 55.2 Å². The topological polar surface area (TPSA) is 80.1 Å². The number of aromatic nitrogens is 2. The smallest absolute Gasteiger partial charge is 0.327 e. The molecule has 2 fully saturated rings. The van der Waals surface area contributed by atoms with Crippen LogP contribution in [0.25, 0.3) is 5.69 Å². The number of piperidine rings is 1. The third kappa shape index (κ3) is 4.54. The lowest BCUT2D eigenvalue weighted by Gasteiger charge is -2.42. The van der Waals surface area contributed by atoms with Gasteiger partial charge in [-0.2, -0.15) is 5.10 Å². The summed E-state index contributed by atoms with van der Waals surface area (Å²) in [6.45, 7) is 7.56. The fourth-order valence-corrected chi connectivity index (χ4v) is 5.02. The maximum atomic E-state index is 13.5. The number of methoxy groups -OCH3 is 2. The van der Waals surface area contributed by atoms with Crippen LogP contribution in [0.1, 0.15) is 32.3 Å². The number of amides is 3. The Balaban J connectivity index is 1.45. The fraction of sp³-hybridized carbons (Fsp3) is 0.560. The molecule has 1 aromatic carbocycles. The molecule has 34 heavy (non-hydrogen) atoms. The van der Waals surface area contributed by atoms with Crippen LogP contribution in [0.5, 0.6) is 5.75 Å². The highest BCUT2D eigenvalue weighted by Crippen LogP contribution is 2.38. The number of para-hydroxylation sites is 2. The van der Waals surface area contributed by atoms with E-state index < -0.39 is 5.54 Å². The van der Waals surface area contributed by atoms with E-state index in [9.17, 15) is 9.59 Å². The van der Waals surface area contributed by atoms with Crippen molar-refractivity contribution in [2.45, 2.75) is 38.8 Å². The molecule has 2 aliphatic heterocycles. The zero-order valence-corrected chi connectivity index (χ0v) is 20.6. The van der Waals surface area contributed by atoms with Crippen molar-refractivity contribution < 1.29 is 19.1 Å². The molecular weight excluding hydrogens is 434 g/mol. The first-order valence-electron chi connectivity index (χ1n) is 11.9. The summed E-state index contributed by atoms with van der Waals surface area (Å²) >= 11 is 0. The largest absolute Gasteiger partial charge is 0.494 e. The quantitative estimate of drug-likeness (QED) is 0.526. The second-order valence-electron chi connectivity index (χ2n) is 9.51. The van der Waals surface area contributed by atoms with Crippen LogP contribution in [0, 0.1) is 5.92 Å². The maximum absolute atomic E-state index is 13.5. The van der Waals surface area contributed by atoms with Gasteiger partial charge in [0, 0.05) is 51.6 Å². The number of ether oxygens (including phenoxy) is 2. The summed E-state index contributed by atoms with van der Waals surface area (Å²) in [4.78, 5) is 32.1. The number of urea groups is 1. The minimum absolute atomic E-state index is 0.0501. The summed E-state index contributed by atoms with van der Waals surface area (Å²) in [6, 6.07) is 7.60. The summed E-state index contributed by atoms with van der Waals surface area (Å²) in [6.07, 6.45) is 5.13. The van der Waals surface area contributed by atoms with Gasteiger partial charge in [-0.25, -0.2) is 9.48 Å². The van der Waals surface area contributed by atoms with E-state index in [0.717, 1.165) is 36.6 Å². The lowest BCUT2D eigenvalue weighted by Crippen LogP contribution is -2.57. The summed E-state index contributed by atoms with van der Waals surface area (Å²) < 4.78 is 12.5. The van der Waals surface area contributed by atoms with E-state index in [2.05, 4.69) is 10.00 Å². The zero-order valence-electron chi connectivity index (χ0n) is 20.6. The van der Waals surface area contributed by atoms with Gasteiger partial charge in [-0.3, -0.25) is 14.6 Å². The third-order valence-electron chi connectivity index (χ3n) is 6.75. The lowest BCUT2D eigenvalue weighted by molar-refractivity contribution is -0.136. The summed E-state index contributed by atoms with van der Waals surface area (Å²) in [5, 5.41) is 4.52. The normalized spacial score (nSPS) is 18.5. The molecule has 0 radical (unpaired) electrons. The molecule has 2 aromatic rings. The molecule has 2 saturated heterocycles. The first-order valence-corrected chi connectivity index (χ1v) is 11.9. The Morgan fingerprint density at radius 3 is 2.53 bits per heavy atom. The predicted octanol–water partition coefficient (Wildman–Crippen LogP) is 2.78. The average molecular weight is 470 g/mol. The van der Waals surface area contributed by atoms with Gasteiger partial charge in [-0.05, 0) is 30.9 Å². The Hall–Kier alpha value is -2.91. The third-order valence-corrected chi connectivity index (χ3v) is 6.75. The Bertz CT molecular complexity index is 1010. The highest BCUT2D eigenvalue weighted by atomic mass is 16.5. The number of benzene rings is 1. The zero-order chi connectivity index (χ0) is 24.3. The molecule has 9 heteroatoms. The molecular formula is C25H35N5O4. The summed E-state index contributed by atoms with van der Waals surface area (Å²) in [7, 11) is 3.27. The number of likely N-dealkylation sites (tertiary alicyclic amines) is 1. The molecule has 184 valence electrons. The molecule has 3 amide bonds. The molecule has 0 atom stereocenters. The van der Waals surface area contributed by atoms with Crippen molar-refractivity contribution in [3.05, 3.63) is 42.2 Å². The SMILES string of the molecule is COCCN1C(=O)N(CC(C)C)C(=O)C12CCN(Cc1cnn(-c3ccccc3OC)c1)CC2. The number of hydrogen-bond acceptors (Lipinski definition) is 6. The molecule has 0 unspecified atom stereocenters. The number of carbonyl (C=O) groups is 2. The van der Waals surface area contributed by atoms with Gasteiger partial charge in [0.15, 0.2) is 0 Å². The van der Waals surface area contributed by atoms with Crippen molar-refractivity contribution in [2.75, 3.05) is 47.0 Å². The highest BCUT2D eigenvalue weighted by molar-refractivity contribution is 6.07. The van der Waals surface area contributed by atoms with Gasteiger partial charge in [0.2, 0.25) is 0 Å². The van der Waals surface area contributed by atoms with Crippen molar-refractivity contribution in [2.24, 2.45) is 5.92 Å². The van der Waals surface area contributed by atoms with E-state index in [1.54, 1.807) is 19.1 Å². The van der Waals surface area contributed by atoms with Gasteiger partial charge >= 0.3 is 6.03 Å². The van der Waals surface area contributed by atoms with Gasteiger partial charge in [0.25, 0.3) is 5.91 Å². The number of nitrogens with zero attached hydrogens (tertiary/aromatic N) is 5. The molecule has 0 aliphatic carbocycles. The van der Waals surface area contributed by atoms with Crippen molar-refractivity contribution in [3.63, 3.8) is 0 Å². The first-order chi connectivity index (χ1) is 16.4. The molecule has 0 bridgehead atoms.